The van der Waals surface area contributed by atoms with Crippen LogP contribution in [-0.2, 0) is 9.53 Å². The van der Waals surface area contributed by atoms with Crippen molar-refractivity contribution in [2.45, 2.75) is 123 Å². The summed E-state index contributed by atoms with van der Waals surface area (Å²) < 4.78 is 4.11. The van der Waals surface area contributed by atoms with Crippen molar-refractivity contribution in [2.24, 2.45) is 0 Å². The van der Waals surface area contributed by atoms with E-state index in [1.165, 1.54) is 143 Å². The predicted molar refractivity (Wildman–Crippen MR) is 143 cm³/mol. The summed E-state index contributed by atoms with van der Waals surface area (Å²) >= 11 is 1.71. The van der Waals surface area contributed by atoms with Crippen molar-refractivity contribution in [3.05, 3.63) is 22.9 Å². The average molecular weight is 468 g/mol. The molecule has 0 spiro atoms. The van der Waals surface area contributed by atoms with Gasteiger partial charge in [0.05, 0.1) is 7.11 Å². The maximum Gasteiger partial charge on any atom is 0.302 e. The largest absolute Gasteiger partial charge is 0.469 e. The van der Waals surface area contributed by atoms with Crippen LogP contribution in [0.15, 0.2) is 22.9 Å². The molecule has 2 heterocycles. The summed E-state index contributed by atoms with van der Waals surface area (Å²) in [6, 6.07) is 4.04. The lowest BCUT2D eigenvalue weighted by molar-refractivity contribution is -0.137. The molecule has 0 unspecified atom stereocenters. The number of hydrogen-bond acceptors (Lipinski definition) is 4. The topological polar surface area (TPSA) is 29.5 Å². The van der Waals surface area contributed by atoms with Gasteiger partial charge in [-0.3, -0.25) is 4.79 Å². The Hall–Kier alpha value is -0.870. The number of thiophene rings is 1. The summed E-state index contributed by atoms with van der Waals surface area (Å²) in [4.78, 5) is 12.3. The highest BCUT2D eigenvalue weighted by atomic mass is 32.1. The molecule has 1 aliphatic heterocycles. The lowest BCUT2D eigenvalue weighted by Gasteiger charge is -2.20. The van der Waals surface area contributed by atoms with Crippen LogP contribution >= 0.6 is 11.3 Å². The van der Waals surface area contributed by atoms with Gasteiger partial charge in [-0.05, 0) is 43.2 Å². The van der Waals surface area contributed by atoms with Gasteiger partial charge in [0.2, 0.25) is 0 Å². The van der Waals surface area contributed by atoms with Crippen molar-refractivity contribution < 1.29 is 9.53 Å². The van der Waals surface area contributed by atoms with E-state index in [4.69, 9.17) is 0 Å². The molecule has 0 aliphatic carbocycles. The van der Waals surface area contributed by atoms with Gasteiger partial charge in [0.1, 0.15) is 0 Å². The first-order valence-electron chi connectivity index (χ1n) is 13.4. The lowest BCUT2D eigenvalue weighted by atomic mass is 10.0. The summed E-state index contributed by atoms with van der Waals surface area (Å²) in [7, 11) is 1.35. The zero-order chi connectivity index (χ0) is 23.5. The monoisotopic (exact) mass is 467 g/mol. The van der Waals surface area contributed by atoms with Gasteiger partial charge in [0.25, 0.3) is 0 Å². The molecule has 188 valence electrons. The van der Waals surface area contributed by atoms with Crippen LogP contribution in [-0.4, -0.2) is 37.6 Å². The van der Waals surface area contributed by atoms with Gasteiger partial charge >= 0.3 is 5.97 Å². The van der Waals surface area contributed by atoms with E-state index in [0.29, 0.717) is 0 Å². The van der Waals surface area contributed by atoms with E-state index >= 15 is 0 Å². The van der Waals surface area contributed by atoms with Crippen LogP contribution in [0.4, 0.5) is 0 Å². The third kappa shape index (κ3) is 25.4. The molecule has 1 saturated heterocycles. The molecule has 3 nitrogen and oxygen atoms in total. The standard InChI is InChI=1S/C21H43N.C4H4S.C3H6O2/c1-2-22-20-18-16-14-12-10-8-6-4-3-5-7-9-11-13-15-17-19-21-22;1-2-4-5-3-1;1-3(4)5-2/h2-21H2,1H3;1-4H;1-2H3. The van der Waals surface area contributed by atoms with Crippen LogP contribution < -0.4 is 0 Å². The van der Waals surface area contributed by atoms with Gasteiger partial charge in [0.15, 0.2) is 0 Å². The first-order chi connectivity index (χ1) is 15.7. The average Bonchev–Trinajstić information content (AvgIpc) is 3.39. The molecule has 0 saturated carbocycles. The van der Waals surface area contributed by atoms with Crippen molar-refractivity contribution in [3.8, 4) is 0 Å². The molecule has 0 amide bonds. The number of nitrogens with zero attached hydrogens (tertiary/aromatic N) is 1. The number of rotatable bonds is 1. The summed E-state index contributed by atoms with van der Waals surface area (Å²) in [5, 5.41) is 4.08. The molecular weight excluding hydrogens is 414 g/mol. The molecule has 0 N–H and O–H groups in total. The summed E-state index contributed by atoms with van der Waals surface area (Å²) in [6.07, 6.45) is 25.1. The highest BCUT2D eigenvalue weighted by Crippen LogP contribution is 2.14. The Balaban J connectivity index is 0.000000785. The number of carbonyl (C=O) groups is 1. The Morgan fingerprint density at radius 2 is 0.969 bits per heavy atom. The molecule has 0 radical (unpaired) electrons. The highest BCUT2D eigenvalue weighted by Gasteiger charge is 2.02. The lowest BCUT2D eigenvalue weighted by Crippen LogP contribution is -2.25. The normalized spacial score (nSPS) is 18.7. The Morgan fingerprint density at radius 3 is 1.16 bits per heavy atom. The molecule has 1 aromatic rings. The van der Waals surface area contributed by atoms with Gasteiger partial charge in [-0.1, -0.05) is 115 Å². The third-order valence-electron chi connectivity index (χ3n) is 6.11. The number of hydrogen-bond donors (Lipinski definition) is 0. The molecule has 1 aliphatic rings. The van der Waals surface area contributed by atoms with E-state index in [2.05, 4.69) is 16.6 Å². The highest BCUT2D eigenvalue weighted by molar-refractivity contribution is 7.07. The number of carbonyl (C=O) groups excluding carboxylic acids is 1. The first kappa shape index (κ1) is 31.1. The Morgan fingerprint density at radius 1 is 0.688 bits per heavy atom. The SMILES string of the molecule is CCN1CCCCCCCCCCCCCCCCCCC1.COC(C)=O.c1ccsc1. The van der Waals surface area contributed by atoms with Crippen LogP contribution in [0.2, 0.25) is 0 Å². The summed E-state index contributed by atoms with van der Waals surface area (Å²) in [5.74, 6) is -0.245. The van der Waals surface area contributed by atoms with Gasteiger partial charge in [-0.25, -0.2) is 0 Å². The smallest absolute Gasteiger partial charge is 0.302 e. The maximum atomic E-state index is 9.59. The first-order valence-corrected chi connectivity index (χ1v) is 14.4. The fourth-order valence-corrected chi connectivity index (χ4v) is 4.43. The molecule has 32 heavy (non-hydrogen) atoms. The van der Waals surface area contributed by atoms with Crippen LogP contribution in [0.5, 0.6) is 0 Å². The quantitative estimate of drug-likeness (QED) is 0.386. The van der Waals surface area contributed by atoms with Gasteiger partial charge in [-0.2, -0.15) is 11.3 Å². The molecule has 0 atom stereocenters. The second kappa shape index (κ2) is 26.4. The van der Waals surface area contributed by atoms with E-state index < -0.39 is 0 Å². The minimum Gasteiger partial charge on any atom is -0.469 e. The molecule has 0 bridgehead atoms. The minimum absolute atomic E-state index is 0.245. The summed E-state index contributed by atoms with van der Waals surface area (Å²) in [5.41, 5.74) is 0. The van der Waals surface area contributed by atoms with Crippen LogP contribution in [0.3, 0.4) is 0 Å². The summed E-state index contributed by atoms with van der Waals surface area (Å²) in [6.45, 7) is 7.63. The minimum atomic E-state index is -0.245. The van der Waals surface area contributed by atoms with E-state index in [-0.39, 0.29) is 5.97 Å². The zero-order valence-electron chi connectivity index (χ0n) is 21.6. The third-order valence-corrected chi connectivity index (χ3v) is 6.74. The van der Waals surface area contributed by atoms with Gasteiger partial charge in [-0.15, -0.1) is 0 Å². The van der Waals surface area contributed by atoms with Gasteiger partial charge in [0, 0.05) is 6.92 Å². The zero-order valence-corrected chi connectivity index (χ0v) is 22.4. The van der Waals surface area contributed by atoms with Crippen molar-refractivity contribution >= 4 is 17.3 Å². The maximum absolute atomic E-state index is 9.59. The van der Waals surface area contributed by atoms with Crippen molar-refractivity contribution in [1.29, 1.82) is 0 Å². The van der Waals surface area contributed by atoms with Crippen molar-refractivity contribution in [3.63, 3.8) is 0 Å². The second-order valence-corrected chi connectivity index (χ2v) is 9.75. The van der Waals surface area contributed by atoms with E-state index in [1.54, 1.807) is 11.3 Å². The number of esters is 1. The second-order valence-electron chi connectivity index (χ2n) is 8.93. The predicted octanol–water partition coefficient (Wildman–Crippen LogP) is 8.88. The molecule has 2 rings (SSSR count). The van der Waals surface area contributed by atoms with Crippen molar-refractivity contribution in [1.82, 2.24) is 4.90 Å². The molecule has 4 heteroatoms. The fourth-order valence-electron chi connectivity index (χ4n) is 3.98. The Bertz CT molecular complexity index is 427. The van der Waals surface area contributed by atoms with Crippen LogP contribution in [0.25, 0.3) is 0 Å². The fraction of sp³-hybridized carbons (Fsp3) is 0.821. The van der Waals surface area contributed by atoms with E-state index in [0.717, 1.165) is 0 Å². The van der Waals surface area contributed by atoms with Crippen LogP contribution in [0.1, 0.15) is 123 Å². The van der Waals surface area contributed by atoms with E-state index in [9.17, 15) is 4.79 Å². The Kier molecular flexibility index (Phi) is 25.7. The van der Waals surface area contributed by atoms with E-state index in [1.807, 2.05) is 22.9 Å². The van der Waals surface area contributed by atoms with Crippen molar-refractivity contribution in [2.75, 3.05) is 26.7 Å². The molecule has 1 fully saturated rings. The molecule has 0 aromatic carbocycles. The van der Waals surface area contributed by atoms with Gasteiger partial charge < -0.3 is 9.64 Å². The number of methoxy groups -OCH3 is 1. The molecule has 1 aromatic heterocycles. The Labute approximate surface area is 204 Å². The number of ether oxygens (including phenoxy) is 1. The van der Waals surface area contributed by atoms with Crippen LogP contribution in [0, 0.1) is 0 Å². The molecular formula is C28H53NO2S.